The Hall–Kier alpha value is -3.39. The number of anilines is 1. The number of carbonyl (C=O) groups excluding carboxylic acids is 4. The molecule has 4 amide bonds. The molecule has 9 heteroatoms. The van der Waals surface area contributed by atoms with Gasteiger partial charge < -0.3 is 15.4 Å². The monoisotopic (exact) mass is 415 g/mol. The van der Waals surface area contributed by atoms with Crippen LogP contribution in [0.25, 0.3) is 0 Å². The lowest BCUT2D eigenvalue weighted by Gasteiger charge is -2.21. The zero-order chi connectivity index (χ0) is 21.0. The summed E-state index contributed by atoms with van der Waals surface area (Å²) in [7, 11) is 0. The maximum atomic E-state index is 12.7. The highest BCUT2D eigenvalue weighted by Gasteiger charge is 2.49. The van der Waals surface area contributed by atoms with Crippen LogP contribution >= 0.6 is 11.6 Å². The van der Waals surface area contributed by atoms with Crippen LogP contribution in [0.15, 0.2) is 54.6 Å². The lowest BCUT2D eigenvalue weighted by molar-refractivity contribution is -0.150. The summed E-state index contributed by atoms with van der Waals surface area (Å²) >= 11 is 5.83. The number of esters is 1. The molecule has 1 saturated heterocycles. The summed E-state index contributed by atoms with van der Waals surface area (Å²) in [5.74, 6) is -2.03. The third-order valence-corrected chi connectivity index (χ3v) is 4.62. The van der Waals surface area contributed by atoms with Gasteiger partial charge in [-0.1, -0.05) is 48.0 Å². The highest BCUT2D eigenvalue weighted by atomic mass is 35.5. The first-order valence-electron chi connectivity index (χ1n) is 8.70. The second-order valence-electron chi connectivity index (χ2n) is 6.53. The van der Waals surface area contributed by atoms with Gasteiger partial charge in [-0.05, 0) is 30.7 Å². The van der Waals surface area contributed by atoms with E-state index in [2.05, 4.69) is 10.6 Å². The fraction of sp³-hybridized carbons (Fsp3) is 0.200. The molecule has 8 nitrogen and oxygen atoms in total. The Bertz CT molecular complexity index is 966. The molecule has 0 unspecified atom stereocenters. The smallest absolute Gasteiger partial charge is 0.326 e. The Balaban J connectivity index is 1.56. The SMILES string of the molecule is C[C@@]1(c2ccccc2)NC(=O)N(CC(=O)OCC(=O)Nc2cccc(Cl)c2)C1=O. The van der Waals surface area contributed by atoms with E-state index < -0.39 is 42.5 Å². The molecule has 1 aliphatic heterocycles. The van der Waals surface area contributed by atoms with Crippen molar-refractivity contribution in [1.29, 1.82) is 0 Å². The van der Waals surface area contributed by atoms with Crippen molar-refractivity contribution in [3.63, 3.8) is 0 Å². The molecule has 1 fully saturated rings. The van der Waals surface area contributed by atoms with Crippen molar-refractivity contribution in [2.24, 2.45) is 0 Å². The number of ether oxygens (including phenoxy) is 1. The first-order chi connectivity index (χ1) is 13.8. The van der Waals surface area contributed by atoms with E-state index in [1.54, 1.807) is 61.5 Å². The predicted octanol–water partition coefficient (Wildman–Crippen LogP) is 2.29. The van der Waals surface area contributed by atoms with Crippen LogP contribution in [0.4, 0.5) is 10.5 Å². The van der Waals surface area contributed by atoms with Gasteiger partial charge in [-0.3, -0.25) is 19.3 Å². The van der Waals surface area contributed by atoms with Crippen molar-refractivity contribution >= 4 is 41.1 Å². The first-order valence-corrected chi connectivity index (χ1v) is 9.08. The van der Waals surface area contributed by atoms with E-state index in [4.69, 9.17) is 16.3 Å². The number of amides is 4. The van der Waals surface area contributed by atoms with Gasteiger partial charge in [0.25, 0.3) is 11.8 Å². The molecule has 0 bridgehead atoms. The number of rotatable bonds is 6. The van der Waals surface area contributed by atoms with Crippen molar-refractivity contribution in [3.05, 3.63) is 65.2 Å². The fourth-order valence-electron chi connectivity index (χ4n) is 2.89. The van der Waals surface area contributed by atoms with Crippen LogP contribution < -0.4 is 10.6 Å². The van der Waals surface area contributed by atoms with Gasteiger partial charge in [-0.2, -0.15) is 0 Å². The molecule has 0 spiro atoms. The molecule has 0 saturated carbocycles. The Kier molecular flexibility index (Phi) is 5.84. The molecule has 0 aliphatic carbocycles. The summed E-state index contributed by atoms with van der Waals surface area (Å²) in [6.07, 6.45) is 0. The number of halogens is 1. The van der Waals surface area contributed by atoms with E-state index in [1.807, 2.05) is 0 Å². The standard InChI is InChI=1S/C20H18ClN3O5/c1-20(13-6-3-2-4-7-13)18(27)24(19(28)23-20)11-17(26)29-12-16(25)22-15-9-5-8-14(21)10-15/h2-10H,11-12H2,1H3,(H,22,25)(H,23,28)/t20-/m0/s1. The van der Waals surface area contributed by atoms with Gasteiger partial charge in [0.05, 0.1) is 0 Å². The third-order valence-electron chi connectivity index (χ3n) is 4.39. The van der Waals surface area contributed by atoms with E-state index >= 15 is 0 Å². The molecule has 1 atom stereocenters. The molecule has 0 aromatic heterocycles. The minimum absolute atomic E-state index is 0.444. The van der Waals surface area contributed by atoms with Crippen molar-refractivity contribution in [3.8, 4) is 0 Å². The largest absolute Gasteiger partial charge is 0.454 e. The fourth-order valence-corrected chi connectivity index (χ4v) is 3.08. The van der Waals surface area contributed by atoms with E-state index in [-0.39, 0.29) is 0 Å². The molecule has 0 radical (unpaired) electrons. The number of carbonyl (C=O) groups is 4. The van der Waals surface area contributed by atoms with Gasteiger partial charge in [0.2, 0.25) is 0 Å². The summed E-state index contributed by atoms with van der Waals surface area (Å²) in [6.45, 7) is 0.398. The van der Waals surface area contributed by atoms with Crippen LogP contribution in [-0.2, 0) is 24.7 Å². The van der Waals surface area contributed by atoms with E-state index in [0.29, 0.717) is 16.3 Å². The highest BCUT2D eigenvalue weighted by molar-refractivity contribution is 6.30. The molecule has 2 aromatic rings. The molecule has 29 heavy (non-hydrogen) atoms. The maximum Gasteiger partial charge on any atom is 0.326 e. The first kappa shape index (κ1) is 20.3. The van der Waals surface area contributed by atoms with E-state index in [9.17, 15) is 19.2 Å². The predicted molar refractivity (Wildman–Crippen MR) is 105 cm³/mol. The second kappa shape index (κ2) is 8.32. The number of urea groups is 1. The van der Waals surface area contributed by atoms with Gasteiger partial charge in [0.15, 0.2) is 6.61 Å². The summed E-state index contributed by atoms with van der Waals surface area (Å²) in [5.41, 5.74) is -0.232. The van der Waals surface area contributed by atoms with Gasteiger partial charge in [0.1, 0.15) is 12.1 Å². The van der Waals surface area contributed by atoms with Crippen LogP contribution in [0.3, 0.4) is 0 Å². The van der Waals surface area contributed by atoms with E-state index in [1.165, 1.54) is 0 Å². The average molecular weight is 416 g/mol. The lowest BCUT2D eigenvalue weighted by Crippen LogP contribution is -2.41. The molecular formula is C20H18ClN3O5. The summed E-state index contributed by atoms with van der Waals surface area (Å²) in [4.78, 5) is 49.7. The number of hydrogen-bond donors (Lipinski definition) is 2. The second-order valence-corrected chi connectivity index (χ2v) is 6.97. The zero-order valence-corrected chi connectivity index (χ0v) is 16.2. The number of benzene rings is 2. The van der Waals surface area contributed by atoms with Crippen LogP contribution in [0, 0.1) is 0 Å². The van der Waals surface area contributed by atoms with Gasteiger partial charge in [0, 0.05) is 10.7 Å². The van der Waals surface area contributed by atoms with Crippen molar-refractivity contribution in [1.82, 2.24) is 10.2 Å². The Morgan fingerprint density at radius 1 is 1.14 bits per heavy atom. The van der Waals surface area contributed by atoms with Gasteiger partial charge in [-0.15, -0.1) is 0 Å². The number of hydrogen-bond acceptors (Lipinski definition) is 5. The number of nitrogens with one attached hydrogen (secondary N) is 2. The van der Waals surface area contributed by atoms with Crippen molar-refractivity contribution < 1.29 is 23.9 Å². The summed E-state index contributed by atoms with van der Waals surface area (Å²) < 4.78 is 4.88. The summed E-state index contributed by atoms with van der Waals surface area (Å²) in [6, 6.07) is 14.5. The topological polar surface area (TPSA) is 105 Å². The van der Waals surface area contributed by atoms with Gasteiger partial charge >= 0.3 is 12.0 Å². The number of nitrogens with zero attached hydrogens (tertiary/aromatic N) is 1. The van der Waals surface area contributed by atoms with Crippen LogP contribution in [0.1, 0.15) is 12.5 Å². The van der Waals surface area contributed by atoms with Crippen LogP contribution in [0.5, 0.6) is 0 Å². The van der Waals surface area contributed by atoms with E-state index in [0.717, 1.165) is 4.90 Å². The normalized spacial score (nSPS) is 18.3. The molecular weight excluding hydrogens is 398 g/mol. The Morgan fingerprint density at radius 3 is 2.55 bits per heavy atom. The molecule has 1 heterocycles. The van der Waals surface area contributed by atoms with Gasteiger partial charge in [-0.25, -0.2) is 4.79 Å². The minimum Gasteiger partial charge on any atom is -0.454 e. The molecule has 2 aromatic carbocycles. The Labute approximate surface area is 171 Å². The summed E-state index contributed by atoms with van der Waals surface area (Å²) in [5, 5.41) is 5.56. The molecule has 150 valence electrons. The van der Waals surface area contributed by atoms with Crippen molar-refractivity contribution in [2.45, 2.75) is 12.5 Å². The highest BCUT2D eigenvalue weighted by Crippen LogP contribution is 2.28. The number of imide groups is 1. The lowest BCUT2D eigenvalue weighted by atomic mass is 9.92. The quantitative estimate of drug-likeness (QED) is 0.556. The van der Waals surface area contributed by atoms with Crippen molar-refractivity contribution in [2.75, 3.05) is 18.5 Å². The molecule has 2 N–H and O–H groups in total. The zero-order valence-electron chi connectivity index (χ0n) is 15.5. The van der Waals surface area contributed by atoms with Crippen LogP contribution in [0.2, 0.25) is 5.02 Å². The Morgan fingerprint density at radius 2 is 1.86 bits per heavy atom. The molecule has 1 aliphatic rings. The van der Waals surface area contributed by atoms with Crippen LogP contribution in [-0.4, -0.2) is 41.9 Å². The average Bonchev–Trinajstić information content (AvgIpc) is 2.91. The minimum atomic E-state index is -1.28. The third kappa shape index (κ3) is 4.55. The molecule has 3 rings (SSSR count). The maximum absolute atomic E-state index is 12.7.